The fourth-order valence-electron chi connectivity index (χ4n) is 2.67. The normalized spacial score (nSPS) is 19.7. The maximum absolute atomic E-state index is 12.0. The largest absolute Gasteiger partial charge is 0.300 e. The molecular formula is C16H22O4S. The molecule has 0 amide bonds. The molecule has 0 heterocycles. The van der Waals surface area contributed by atoms with E-state index in [4.69, 9.17) is 4.18 Å². The van der Waals surface area contributed by atoms with Crippen LogP contribution in [0.25, 0.3) is 0 Å². The number of Topliss-reactive ketones (excluding diaryl/α,β-unsaturated/α-hetero) is 1. The molecule has 1 aromatic carbocycles. The Balaban J connectivity index is 1.77. The first kappa shape index (κ1) is 16.2. The van der Waals surface area contributed by atoms with Gasteiger partial charge in [0.05, 0.1) is 11.5 Å². The van der Waals surface area contributed by atoms with Crippen LogP contribution in [0, 0.1) is 12.8 Å². The van der Waals surface area contributed by atoms with E-state index < -0.39 is 10.1 Å². The van der Waals surface area contributed by atoms with Crippen molar-refractivity contribution in [2.75, 3.05) is 6.61 Å². The monoisotopic (exact) mass is 310 g/mol. The lowest BCUT2D eigenvalue weighted by molar-refractivity contribution is -0.121. The number of carbonyl (C=O) groups is 1. The zero-order valence-electron chi connectivity index (χ0n) is 12.4. The summed E-state index contributed by atoms with van der Waals surface area (Å²) in [6.45, 7) is 2.09. The van der Waals surface area contributed by atoms with E-state index in [1.54, 1.807) is 24.3 Å². The molecular weight excluding hydrogens is 288 g/mol. The molecule has 1 saturated carbocycles. The molecule has 5 heteroatoms. The summed E-state index contributed by atoms with van der Waals surface area (Å²) in [5.41, 5.74) is 1.01. The minimum absolute atomic E-state index is 0.181. The van der Waals surface area contributed by atoms with Crippen molar-refractivity contribution in [2.24, 2.45) is 5.92 Å². The summed E-state index contributed by atoms with van der Waals surface area (Å²) >= 11 is 0. The van der Waals surface area contributed by atoms with Gasteiger partial charge in [-0.15, -0.1) is 0 Å². The average molecular weight is 310 g/mol. The molecule has 1 atom stereocenters. The number of hydrogen-bond donors (Lipinski definition) is 0. The van der Waals surface area contributed by atoms with Gasteiger partial charge >= 0.3 is 0 Å². The predicted octanol–water partition coefficient (Wildman–Crippen LogP) is 3.24. The van der Waals surface area contributed by atoms with Crippen molar-refractivity contribution in [3.8, 4) is 0 Å². The van der Waals surface area contributed by atoms with Gasteiger partial charge in [0.1, 0.15) is 5.78 Å². The van der Waals surface area contributed by atoms with Crippen LogP contribution in [0.2, 0.25) is 0 Å². The third-order valence-electron chi connectivity index (χ3n) is 3.89. The summed E-state index contributed by atoms with van der Waals surface area (Å²) in [6, 6.07) is 6.63. The van der Waals surface area contributed by atoms with Crippen LogP contribution in [-0.4, -0.2) is 20.8 Å². The molecule has 0 unspecified atom stereocenters. The van der Waals surface area contributed by atoms with Gasteiger partial charge in [-0.05, 0) is 50.7 Å². The van der Waals surface area contributed by atoms with Gasteiger partial charge in [0.25, 0.3) is 10.1 Å². The minimum Gasteiger partial charge on any atom is -0.300 e. The van der Waals surface area contributed by atoms with Crippen LogP contribution in [0.5, 0.6) is 0 Å². The van der Waals surface area contributed by atoms with Gasteiger partial charge in [-0.25, -0.2) is 0 Å². The van der Waals surface area contributed by atoms with E-state index in [-0.39, 0.29) is 11.5 Å². The van der Waals surface area contributed by atoms with Gasteiger partial charge in [-0.3, -0.25) is 8.98 Å². The molecule has 0 radical (unpaired) electrons. The third-order valence-corrected chi connectivity index (χ3v) is 5.22. The first-order valence-corrected chi connectivity index (χ1v) is 8.86. The van der Waals surface area contributed by atoms with Crippen molar-refractivity contribution >= 4 is 15.9 Å². The highest BCUT2D eigenvalue weighted by molar-refractivity contribution is 7.86. The highest BCUT2D eigenvalue weighted by Gasteiger charge is 2.20. The standard InChI is InChI=1S/C16H22O4S/c1-13-7-9-16(10-8-13)21(18,19)20-11-3-5-14-4-2-6-15(17)12-14/h7-10,14H,2-6,11-12H2,1H3/t14-/m1/s1. The van der Waals surface area contributed by atoms with Crippen molar-refractivity contribution in [1.82, 2.24) is 0 Å². The van der Waals surface area contributed by atoms with Crippen LogP contribution < -0.4 is 0 Å². The van der Waals surface area contributed by atoms with Gasteiger partial charge in [0.2, 0.25) is 0 Å². The van der Waals surface area contributed by atoms with E-state index in [1.165, 1.54) is 0 Å². The van der Waals surface area contributed by atoms with E-state index >= 15 is 0 Å². The van der Waals surface area contributed by atoms with Crippen molar-refractivity contribution in [2.45, 2.75) is 50.3 Å². The fourth-order valence-corrected chi connectivity index (χ4v) is 3.62. The van der Waals surface area contributed by atoms with E-state index in [1.807, 2.05) is 6.92 Å². The Morgan fingerprint density at radius 3 is 2.62 bits per heavy atom. The minimum atomic E-state index is -3.66. The maximum atomic E-state index is 12.0. The topological polar surface area (TPSA) is 60.4 Å². The van der Waals surface area contributed by atoms with Gasteiger partial charge in [0.15, 0.2) is 0 Å². The summed E-state index contributed by atoms with van der Waals surface area (Å²) in [6.07, 6.45) is 4.90. The Kier molecular flexibility index (Phi) is 5.53. The lowest BCUT2D eigenvalue weighted by Gasteiger charge is -2.20. The Labute approximate surface area is 126 Å². The van der Waals surface area contributed by atoms with Crippen LogP contribution in [0.1, 0.15) is 44.1 Å². The molecule has 0 spiro atoms. The van der Waals surface area contributed by atoms with Crippen LogP contribution in [0.4, 0.5) is 0 Å². The van der Waals surface area contributed by atoms with Crippen LogP contribution in [0.15, 0.2) is 29.2 Å². The molecule has 2 rings (SSSR count). The van der Waals surface area contributed by atoms with Gasteiger partial charge in [-0.2, -0.15) is 8.42 Å². The lowest BCUT2D eigenvalue weighted by atomic mass is 9.85. The molecule has 1 aliphatic carbocycles. The summed E-state index contributed by atoms with van der Waals surface area (Å²) in [5.74, 6) is 0.733. The maximum Gasteiger partial charge on any atom is 0.296 e. The summed E-state index contributed by atoms with van der Waals surface area (Å²) in [5, 5.41) is 0. The highest BCUT2D eigenvalue weighted by atomic mass is 32.2. The SMILES string of the molecule is Cc1ccc(S(=O)(=O)OCCC[C@H]2CCCC(=O)C2)cc1. The molecule has 0 N–H and O–H groups in total. The van der Waals surface area contributed by atoms with E-state index in [0.717, 1.165) is 24.8 Å². The molecule has 21 heavy (non-hydrogen) atoms. The Morgan fingerprint density at radius 2 is 1.95 bits per heavy atom. The number of ketones is 1. The second kappa shape index (κ2) is 7.18. The summed E-state index contributed by atoms with van der Waals surface area (Å²) in [7, 11) is -3.66. The Morgan fingerprint density at radius 1 is 1.24 bits per heavy atom. The average Bonchev–Trinajstić information content (AvgIpc) is 2.44. The smallest absolute Gasteiger partial charge is 0.296 e. The molecule has 1 fully saturated rings. The van der Waals surface area contributed by atoms with Crippen molar-refractivity contribution in [1.29, 1.82) is 0 Å². The van der Waals surface area contributed by atoms with Gasteiger partial charge < -0.3 is 0 Å². The van der Waals surface area contributed by atoms with Crippen molar-refractivity contribution < 1.29 is 17.4 Å². The number of carbonyl (C=O) groups excluding carboxylic acids is 1. The van der Waals surface area contributed by atoms with E-state index in [0.29, 0.717) is 31.0 Å². The predicted molar refractivity (Wildman–Crippen MR) is 80.5 cm³/mol. The molecule has 0 bridgehead atoms. The number of rotatable bonds is 6. The summed E-state index contributed by atoms with van der Waals surface area (Å²) in [4.78, 5) is 11.5. The van der Waals surface area contributed by atoms with Gasteiger partial charge in [0, 0.05) is 12.8 Å². The van der Waals surface area contributed by atoms with Crippen molar-refractivity contribution in [3.63, 3.8) is 0 Å². The quantitative estimate of drug-likeness (QED) is 0.598. The zero-order chi connectivity index (χ0) is 15.3. The molecule has 0 aromatic heterocycles. The lowest BCUT2D eigenvalue weighted by Crippen LogP contribution is -2.16. The number of benzene rings is 1. The molecule has 0 aliphatic heterocycles. The van der Waals surface area contributed by atoms with Crippen LogP contribution in [-0.2, 0) is 19.1 Å². The second-order valence-electron chi connectivity index (χ2n) is 5.73. The number of aryl methyl sites for hydroxylation is 1. The van der Waals surface area contributed by atoms with Gasteiger partial charge in [-0.1, -0.05) is 17.7 Å². The molecule has 0 saturated heterocycles. The summed E-state index contributed by atoms with van der Waals surface area (Å²) < 4.78 is 29.0. The zero-order valence-corrected chi connectivity index (χ0v) is 13.2. The van der Waals surface area contributed by atoms with Crippen molar-refractivity contribution in [3.05, 3.63) is 29.8 Å². The first-order chi connectivity index (χ1) is 9.97. The third kappa shape index (κ3) is 4.93. The van der Waals surface area contributed by atoms with E-state index in [2.05, 4.69) is 0 Å². The Hall–Kier alpha value is -1.20. The molecule has 1 aromatic rings. The Bertz CT molecular complexity index is 575. The molecule has 116 valence electrons. The second-order valence-corrected chi connectivity index (χ2v) is 7.35. The number of hydrogen-bond acceptors (Lipinski definition) is 4. The molecule has 1 aliphatic rings. The van der Waals surface area contributed by atoms with Crippen LogP contribution in [0.3, 0.4) is 0 Å². The van der Waals surface area contributed by atoms with E-state index in [9.17, 15) is 13.2 Å². The fraction of sp³-hybridized carbons (Fsp3) is 0.562. The molecule has 4 nitrogen and oxygen atoms in total. The first-order valence-electron chi connectivity index (χ1n) is 7.45. The van der Waals surface area contributed by atoms with Crippen LogP contribution >= 0.6 is 0 Å². The highest BCUT2D eigenvalue weighted by Crippen LogP contribution is 2.25.